The highest BCUT2D eigenvalue weighted by Gasteiger charge is 2.47. The molecule has 47 heavy (non-hydrogen) atoms. The van der Waals surface area contributed by atoms with E-state index in [0.717, 1.165) is 9.36 Å². The van der Waals surface area contributed by atoms with Gasteiger partial charge in [-0.1, -0.05) is 10.4 Å². The van der Waals surface area contributed by atoms with E-state index in [0.29, 0.717) is 0 Å². The van der Waals surface area contributed by atoms with Gasteiger partial charge in [0.2, 0.25) is 0 Å². The topological polar surface area (TPSA) is 319 Å². The summed E-state index contributed by atoms with van der Waals surface area (Å²) >= 11 is 0. The molecule has 15 atom stereocenters. The Labute approximate surface area is 265 Å². The number of methoxy groups -OCH3 is 1. The molecule has 0 aliphatic carbocycles. The molecule has 22 nitrogen and oxygen atoms in total. The van der Waals surface area contributed by atoms with Gasteiger partial charge in [-0.2, -0.15) is 0 Å². The standard InChI is InChI=1S/C25H40N6O16/c1-42-25-21(41)22(44-7-10-3-31(29-27-10)24-20(40)18(38)15(35)12(5-33)46-24)16(36)13(47-25)8-43-6-9-2-30(28-26-9)23-19(39)17(37)14(34)11(4-32)45-23/h2-3,11-25,32-41H,4-8H2,1H3/t11-,12-,13-,14+,15+,16+,17+,18+,19-,20-,21-,22+,23-,24-,25-/m1/s1. The minimum atomic E-state index is -1.62. The van der Waals surface area contributed by atoms with E-state index in [1.54, 1.807) is 0 Å². The molecule has 0 amide bonds. The van der Waals surface area contributed by atoms with Crippen LogP contribution in [0.3, 0.4) is 0 Å². The molecule has 0 aromatic carbocycles. The fourth-order valence-electron chi connectivity index (χ4n) is 5.50. The predicted molar refractivity (Wildman–Crippen MR) is 144 cm³/mol. The molecule has 5 heterocycles. The van der Waals surface area contributed by atoms with Crippen LogP contribution < -0.4 is 0 Å². The summed E-state index contributed by atoms with van der Waals surface area (Å²) in [6, 6.07) is 0. The molecule has 0 bridgehead atoms. The summed E-state index contributed by atoms with van der Waals surface area (Å²) in [6.45, 7) is -1.91. The molecule has 3 aliphatic heterocycles. The first-order valence-corrected chi connectivity index (χ1v) is 14.6. The predicted octanol–water partition coefficient (Wildman–Crippen LogP) is -6.99. The molecule has 10 N–H and O–H groups in total. The highest BCUT2D eigenvalue weighted by atomic mass is 16.7. The number of hydrogen-bond donors (Lipinski definition) is 10. The number of aliphatic hydroxyl groups excluding tert-OH is 10. The van der Waals surface area contributed by atoms with Crippen LogP contribution >= 0.6 is 0 Å². The molecule has 2 aromatic rings. The van der Waals surface area contributed by atoms with E-state index in [1.165, 1.54) is 19.5 Å². The van der Waals surface area contributed by atoms with E-state index < -0.39 is 105 Å². The Hall–Kier alpha value is -2.36. The summed E-state index contributed by atoms with van der Waals surface area (Å²) in [7, 11) is 1.28. The van der Waals surface area contributed by atoms with Gasteiger partial charge in [-0.05, 0) is 0 Å². The van der Waals surface area contributed by atoms with Gasteiger partial charge in [0.05, 0.1) is 45.4 Å². The highest BCUT2D eigenvalue weighted by Crippen LogP contribution is 2.30. The molecule has 2 aromatic heterocycles. The molecule has 266 valence electrons. The molecule has 22 heteroatoms. The molecular formula is C25H40N6O16. The first-order chi connectivity index (χ1) is 22.5. The average Bonchev–Trinajstić information content (AvgIpc) is 3.74. The van der Waals surface area contributed by atoms with Crippen molar-refractivity contribution in [3.05, 3.63) is 23.8 Å². The summed E-state index contributed by atoms with van der Waals surface area (Å²) in [5.74, 6) is 0. The quantitative estimate of drug-likeness (QED) is 0.0995. The largest absolute Gasteiger partial charge is 0.394 e. The van der Waals surface area contributed by atoms with Crippen LogP contribution in [0.4, 0.5) is 0 Å². The molecule has 3 saturated heterocycles. The van der Waals surface area contributed by atoms with Crippen molar-refractivity contribution < 1.29 is 79.5 Å². The van der Waals surface area contributed by atoms with Crippen LogP contribution in [0.15, 0.2) is 12.4 Å². The number of rotatable bonds is 12. The van der Waals surface area contributed by atoms with Gasteiger partial charge in [0.1, 0.15) is 84.6 Å². The summed E-state index contributed by atoms with van der Waals surface area (Å²) in [5.41, 5.74) is 0.433. The first kappa shape index (κ1) is 35.9. The third-order valence-electron chi connectivity index (χ3n) is 8.20. The number of aliphatic hydroxyl groups is 10. The lowest BCUT2D eigenvalue weighted by Crippen LogP contribution is -2.60. The number of nitrogens with zero attached hydrogens (tertiary/aromatic N) is 6. The fraction of sp³-hybridized carbons (Fsp3) is 0.840. The van der Waals surface area contributed by atoms with Gasteiger partial charge in [-0.3, -0.25) is 0 Å². The summed E-state index contributed by atoms with van der Waals surface area (Å²) in [4.78, 5) is 0. The van der Waals surface area contributed by atoms with Crippen LogP contribution in [0.1, 0.15) is 23.8 Å². The Balaban J connectivity index is 1.16. The Morgan fingerprint density at radius 1 is 0.638 bits per heavy atom. The summed E-state index contributed by atoms with van der Waals surface area (Å²) < 4.78 is 35.3. The Morgan fingerprint density at radius 2 is 1.15 bits per heavy atom. The summed E-state index contributed by atoms with van der Waals surface area (Å²) in [5, 5.41) is 117. The van der Waals surface area contributed by atoms with Crippen molar-refractivity contribution in [2.75, 3.05) is 26.9 Å². The molecule has 0 unspecified atom stereocenters. The average molecular weight is 681 g/mol. The molecule has 3 aliphatic rings. The lowest BCUT2D eigenvalue weighted by Gasteiger charge is -2.41. The second-order valence-corrected chi connectivity index (χ2v) is 11.4. The number of hydrogen-bond acceptors (Lipinski definition) is 20. The van der Waals surface area contributed by atoms with Crippen LogP contribution in [-0.4, -0.2) is 188 Å². The van der Waals surface area contributed by atoms with Crippen LogP contribution in [0.2, 0.25) is 0 Å². The molecule has 0 spiro atoms. The molecule has 0 radical (unpaired) electrons. The van der Waals surface area contributed by atoms with Crippen molar-refractivity contribution in [1.82, 2.24) is 30.0 Å². The van der Waals surface area contributed by atoms with E-state index in [9.17, 15) is 51.1 Å². The SMILES string of the molecule is CO[C@@H]1O[C@H](COCc2cn([C@@H]3O[C@H](CO)[C@H](O)[C@H](O)[C@H]3O)nn2)[C@H](O)[C@H](OCc2cn([C@@H]3O[C@H](CO)[C@H](O)[C@H](O)[C@H]3O)nn2)[C@H]1O. The van der Waals surface area contributed by atoms with E-state index >= 15 is 0 Å². The third-order valence-corrected chi connectivity index (χ3v) is 8.20. The second kappa shape index (κ2) is 15.5. The van der Waals surface area contributed by atoms with Gasteiger partial charge in [0.25, 0.3) is 0 Å². The molecule has 5 rings (SSSR count). The maximum Gasteiger partial charge on any atom is 0.186 e. The Kier molecular flexibility index (Phi) is 11.8. The zero-order chi connectivity index (χ0) is 34.0. The fourth-order valence-corrected chi connectivity index (χ4v) is 5.50. The first-order valence-electron chi connectivity index (χ1n) is 14.6. The smallest absolute Gasteiger partial charge is 0.186 e. The van der Waals surface area contributed by atoms with Crippen LogP contribution in [-0.2, 0) is 41.6 Å². The van der Waals surface area contributed by atoms with Gasteiger partial charge in [-0.25, -0.2) is 9.36 Å². The van der Waals surface area contributed by atoms with Gasteiger partial charge in [0, 0.05) is 7.11 Å². The van der Waals surface area contributed by atoms with Crippen molar-refractivity contribution in [3.63, 3.8) is 0 Å². The molecular weight excluding hydrogens is 640 g/mol. The maximum absolute atomic E-state index is 11.0. The van der Waals surface area contributed by atoms with Crippen molar-refractivity contribution in [3.8, 4) is 0 Å². The lowest BCUT2D eigenvalue weighted by atomic mass is 9.98. The normalized spacial score (nSPS) is 41.3. The van der Waals surface area contributed by atoms with E-state index in [4.69, 9.17) is 28.4 Å². The molecule has 0 saturated carbocycles. The minimum Gasteiger partial charge on any atom is -0.394 e. The van der Waals surface area contributed by atoms with E-state index in [-0.39, 0.29) is 31.2 Å². The van der Waals surface area contributed by atoms with Crippen LogP contribution in [0.5, 0.6) is 0 Å². The zero-order valence-corrected chi connectivity index (χ0v) is 25.0. The maximum atomic E-state index is 11.0. The van der Waals surface area contributed by atoms with Crippen LogP contribution in [0, 0.1) is 0 Å². The van der Waals surface area contributed by atoms with E-state index in [1.807, 2.05) is 0 Å². The minimum absolute atomic E-state index is 0.156. The third kappa shape index (κ3) is 7.47. The van der Waals surface area contributed by atoms with E-state index in [2.05, 4.69) is 20.6 Å². The van der Waals surface area contributed by atoms with Crippen LogP contribution in [0.25, 0.3) is 0 Å². The second-order valence-electron chi connectivity index (χ2n) is 11.4. The van der Waals surface area contributed by atoms with Crippen molar-refractivity contribution >= 4 is 0 Å². The van der Waals surface area contributed by atoms with Gasteiger partial charge in [-0.15, -0.1) is 10.2 Å². The lowest BCUT2D eigenvalue weighted by molar-refractivity contribution is -0.305. The number of ether oxygens (including phenoxy) is 6. The van der Waals surface area contributed by atoms with Gasteiger partial charge in [0.15, 0.2) is 18.7 Å². The Bertz CT molecular complexity index is 1270. The molecule has 3 fully saturated rings. The van der Waals surface area contributed by atoms with Crippen molar-refractivity contribution in [2.45, 2.75) is 105 Å². The number of aromatic nitrogens is 6. The van der Waals surface area contributed by atoms with Crippen molar-refractivity contribution in [2.24, 2.45) is 0 Å². The van der Waals surface area contributed by atoms with Crippen molar-refractivity contribution in [1.29, 1.82) is 0 Å². The summed E-state index contributed by atoms with van der Waals surface area (Å²) in [6.07, 6.45) is -18.0. The van der Waals surface area contributed by atoms with Gasteiger partial charge < -0.3 is 79.5 Å². The monoisotopic (exact) mass is 680 g/mol. The Morgan fingerprint density at radius 3 is 1.64 bits per heavy atom. The highest BCUT2D eigenvalue weighted by molar-refractivity contribution is 4.98. The van der Waals surface area contributed by atoms with Gasteiger partial charge >= 0.3 is 0 Å². The zero-order valence-electron chi connectivity index (χ0n) is 25.0.